The van der Waals surface area contributed by atoms with Crippen LogP contribution >= 0.6 is 0 Å². The van der Waals surface area contributed by atoms with Crippen molar-refractivity contribution in [1.29, 1.82) is 0 Å². The molecule has 2 aromatic carbocycles. The molecule has 0 bridgehead atoms. The smallest absolute Gasteiger partial charge is 0.282 e. The van der Waals surface area contributed by atoms with Crippen LogP contribution in [0, 0.1) is 0 Å². The Balaban J connectivity index is 0.00000200. The van der Waals surface area contributed by atoms with E-state index in [0.29, 0.717) is 5.69 Å². The first kappa shape index (κ1) is 16.9. The minimum atomic E-state index is -4.15. The Morgan fingerprint density at radius 1 is 1.00 bits per heavy atom. The third-order valence-corrected chi connectivity index (χ3v) is 3.23. The average Bonchev–Trinajstić information content (AvgIpc) is 2.39. The second-order valence-corrected chi connectivity index (χ2v) is 5.20. The standard InChI is InChI=1S/C13H12N2O3S.Na/c16-19(17,18)13-8-6-12(7-9-13)15-14-10-11-4-2-1-3-5-11;/h1-10,15H,(H,16,17,18);. The molecule has 2 rings (SSSR count). The number of hydrogen-bond donors (Lipinski definition) is 2. The molecule has 0 saturated carbocycles. The molecule has 20 heavy (non-hydrogen) atoms. The van der Waals surface area contributed by atoms with E-state index in [1.165, 1.54) is 24.3 Å². The molecule has 0 amide bonds. The summed E-state index contributed by atoms with van der Waals surface area (Å²) < 4.78 is 30.5. The average molecular weight is 299 g/mol. The van der Waals surface area contributed by atoms with Crippen LogP contribution in [0.2, 0.25) is 0 Å². The van der Waals surface area contributed by atoms with Crippen molar-refractivity contribution < 1.29 is 13.0 Å². The molecule has 0 unspecified atom stereocenters. The minimum absolute atomic E-state index is 0. The van der Waals surface area contributed by atoms with Crippen molar-refractivity contribution in [3.63, 3.8) is 0 Å². The van der Waals surface area contributed by atoms with E-state index in [9.17, 15) is 8.42 Å². The van der Waals surface area contributed by atoms with E-state index in [1.54, 1.807) is 6.21 Å². The summed E-state index contributed by atoms with van der Waals surface area (Å²) in [5.41, 5.74) is 4.34. The van der Waals surface area contributed by atoms with Gasteiger partial charge in [0.2, 0.25) is 0 Å². The number of benzene rings is 2. The van der Waals surface area contributed by atoms with Gasteiger partial charge in [0.1, 0.15) is 0 Å². The van der Waals surface area contributed by atoms with Crippen LogP contribution in [0.4, 0.5) is 5.69 Å². The zero-order valence-corrected chi connectivity index (χ0v) is 13.7. The van der Waals surface area contributed by atoms with Gasteiger partial charge < -0.3 is 0 Å². The Hall–Kier alpha value is -1.18. The van der Waals surface area contributed by atoms with Gasteiger partial charge in [-0.05, 0) is 29.8 Å². The predicted molar refractivity (Wildman–Crippen MR) is 79.7 cm³/mol. The molecule has 0 aliphatic carbocycles. The van der Waals surface area contributed by atoms with Crippen LogP contribution in [0.5, 0.6) is 0 Å². The molecule has 0 spiro atoms. The van der Waals surface area contributed by atoms with E-state index in [-0.39, 0.29) is 34.5 Å². The first-order valence-corrected chi connectivity index (χ1v) is 6.91. The molecule has 2 aromatic rings. The van der Waals surface area contributed by atoms with Gasteiger partial charge in [0.15, 0.2) is 0 Å². The van der Waals surface area contributed by atoms with E-state index in [2.05, 4.69) is 10.5 Å². The fourth-order valence-corrected chi connectivity index (χ4v) is 1.90. The van der Waals surface area contributed by atoms with Crippen LogP contribution in [0.15, 0.2) is 64.6 Å². The molecule has 2 N–H and O–H groups in total. The van der Waals surface area contributed by atoms with Crippen molar-refractivity contribution in [2.75, 3.05) is 5.43 Å². The van der Waals surface area contributed by atoms with Crippen LogP contribution < -0.4 is 5.43 Å². The normalized spacial score (nSPS) is 11.1. The summed E-state index contributed by atoms with van der Waals surface area (Å²) in [5, 5.41) is 4.02. The molecule has 0 fully saturated rings. The third kappa shape index (κ3) is 5.07. The van der Waals surface area contributed by atoms with Gasteiger partial charge in [-0.15, -0.1) is 0 Å². The molecular formula is C13H12N2NaO3S. The Labute approximate surface area is 139 Å². The summed E-state index contributed by atoms with van der Waals surface area (Å²) in [5.74, 6) is 0. The van der Waals surface area contributed by atoms with Gasteiger partial charge in [-0.2, -0.15) is 13.5 Å². The minimum Gasteiger partial charge on any atom is -0.282 e. The molecule has 0 aliphatic heterocycles. The van der Waals surface area contributed by atoms with Crippen LogP contribution in [0.1, 0.15) is 5.56 Å². The zero-order chi connectivity index (χ0) is 13.7. The molecule has 0 heterocycles. The number of nitrogens with zero attached hydrogens (tertiary/aromatic N) is 1. The van der Waals surface area contributed by atoms with Gasteiger partial charge in [0.25, 0.3) is 10.1 Å². The Kier molecular flexibility index (Phi) is 6.38. The molecule has 0 aromatic heterocycles. The van der Waals surface area contributed by atoms with Crippen molar-refractivity contribution in [3.05, 3.63) is 60.2 Å². The summed E-state index contributed by atoms with van der Waals surface area (Å²) in [6.07, 6.45) is 1.65. The van der Waals surface area contributed by atoms with Crippen molar-refractivity contribution in [1.82, 2.24) is 0 Å². The predicted octanol–water partition coefficient (Wildman–Crippen LogP) is 2.00. The van der Waals surface area contributed by atoms with E-state index in [1.807, 2.05) is 30.3 Å². The summed E-state index contributed by atoms with van der Waals surface area (Å²) in [6.45, 7) is 0. The monoisotopic (exact) mass is 299 g/mol. The van der Waals surface area contributed by atoms with E-state index >= 15 is 0 Å². The maximum absolute atomic E-state index is 10.8. The van der Waals surface area contributed by atoms with Crippen LogP contribution in [0.25, 0.3) is 0 Å². The number of hydrazone groups is 1. The van der Waals surface area contributed by atoms with Gasteiger partial charge in [0.05, 0.1) is 16.8 Å². The molecule has 7 heteroatoms. The topological polar surface area (TPSA) is 78.8 Å². The summed E-state index contributed by atoms with van der Waals surface area (Å²) in [7, 11) is -4.15. The number of hydrogen-bond acceptors (Lipinski definition) is 4. The summed E-state index contributed by atoms with van der Waals surface area (Å²) in [4.78, 5) is -0.148. The van der Waals surface area contributed by atoms with Gasteiger partial charge in [-0.3, -0.25) is 9.98 Å². The second-order valence-electron chi connectivity index (χ2n) is 3.78. The Morgan fingerprint density at radius 3 is 2.15 bits per heavy atom. The first-order chi connectivity index (χ1) is 9.05. The Bertz CT molecular complexity index is 671. The van der Waals surface area contributed by atoms with E-state index in [0.717, 1.165) is 5.56 Å². The van der Waals surface area contributed by atoms with Crippen LogP contribution in [-0.4, -0.2) is 48.7 Å². The molecule has 99 valence electrons. The fourth-order valence-electron chi connectivity index (χ4n) is 1.42. The molecule has 0 atom stereocenters. The van der Waals surface area contributed by atoms with Crippen LogP contribution in [0.3, 0.4) is 0 Å². The maximum Gasteiger partial charge on any atom is 0.294 e. The number of rotatable bonds is 4. The second kappa shape index (κ2) is 7.56. The zero-order valence-electron chi connectivity index (χ0n) is 10.9. The van der Waals surface area contributed by atoms with Crippen molar-refractivity contribution in [2.45, 2.75) is 4.90 Å². The summed E-state index contributed by atoms with van der Waals surface area (Å²) >= 11 is 0. The van der Waals surface area contributed by atoms with E-state index < -0.39 is 10.1 Å². The van der Waals surface area contributed by atoms with Crippen molar-refractivity contribution in [2.24, 2.45) is 5.10 Å². The van der Waals surface area contributed by atoms with Crippen molar-refractivity contribution >= 4 is 51.6 Å². The SMILES string of the molecule is O=S(=O)(O)c1ccc(NN=Cc2ccccc2)cc1.[Na]. The molecular weight excluding hydrogens is 287 g/mol. The maximum atomic E-state index is 10.8. The molecule has 5 nitrogen and oxygen atoms in total. The van der Waals surface area contributed by atoms with Gasteiger partial charge in [-0.1, -0.05) is 30.3 Å². The molecule has 0 saturated heterocycles. The van der Waals surface area contributed by atoms with E-state index in [4.69, 9.17) is 4.55 Å². The number of anilines is 1. The quantitative estimate of drug-likeness (QED) is 0.392. The number of nitrogens with one attached hydrogen (secondary N) is 1. The van der Waals surface area contributed by atoms with Crippen LogP contribution in [-0.2, 0) is 10.1 Å². The van der Waals surface area contributed by atoms with Crippen molar-refractivity contribution in [3.8, 4) is 0 Å². The molecule has 1 radical (unpaired) electrons. The van der Waals surface area contributed by atoms with Gasteiger partial charge in [-0.25, -0.2) is 0 Å². The fraction of sp³-hybridized carbons (Fsp3) is 0. The molecule has 0 aliphatic rings. The van der Waals surface area contributed by atoms with Gasteiger partial charge in [0, 0.05) is 29.6 Å². The summed E-state index contributed by atoms with van der Waals surface area (Å²) in [6, 6.07) is 15.2. The third-order valence-electron chi connectivity index (χ3n) is 2.36. The van der Waals surface area contributed by atoms with Gasteiger partial charge >= 0.3 is 0 Å². The Morgan fingerprint density at radius 2 is 1.60 bits per heavy atom. The first-order valence-electron chi connectivity index (χ1n) is 5.47. The largest absolute Gasteiger partial charge is 0.294 e.